The molecule has 1 aromatic carbocycles. The molecule has 1 aliphatic heterocycles. The number of aryl methyl sites for hydroxylation is 1. The Morgan fingerprint density at radius 3 is 2.79 bits per heavy atom. The summed E-state index contributed by atoms with van der Waals surface area (Å²) in [6.45, 7) is 4.98. The van der Waals surface area contributed by atoms with Gasteiger partial charge < -0.3 is 10.6 Å². The first kappa shape index (κ1) is 14.1. The van der Waals surface area contributed by atoms with Crippen LogP contribution in [0.4, 0.5) is 0 Å². The normalized spacial score (nSPS) is 16.3. The summed E-state index contributed by atoms with van der Waals surface area (Å²) in [4.78, 5) is 11.9. The van der Waals surface area contributed by atoms with E-state index in [4.69, 9.17) is 0 Å². The maximum absolute atomic E-state index is 11.9. The molecule has 0 atom stereocenters. The van der Waals surface area contributed by atoms with Crippen molar-refractivity contribution in [3.8, 4) is 0 Å². The molecular formula is C16H24N2O. The number of carbonyl (C=O) groups excluding carboxylic acids is 1. The smallest absolute Gasteiger partial charge is 0.220 e. The number of hydrogen-bond acceptors (Lipinski definition) is 2. The van der Waals surface area contributed by atoms with E-state index in [0.29, 0.717) is 12.3 Å². The lowest BCUT2D eigenvalue weighted by Gasteiger charge is -2.21. The largest absolute Gasteiger partial charge is 0.356 e. The topological polar surface area (TPSA) is 41.1 Å². The molecule has 1 aliphatic rings. The number of amides is 1. The second-order valence-electron chi connectivity index (χ2n) is 5.42. The van der Waals surface area contributed by atoms with Gasteiger partial charge in [-0.05, 0) is 56.3 Å². The van der Waals surface area contributed by atoms with Crippen LogP contribution < -0.4 is 10.6 Å². The van der Waals surface area contributed by atoms with Gasteiger partial charge in [0, 0.05) is 13.0 Å². The minimum Gasteiger partial charge on any atom is -0.356 e. The van der Waals surface area contributed by atoms with E-state index < -0.39 is 0 Å². The SMILES string of the molecule is Cc1ccccc1CCNC(=O)CC1CCNCC1. The lowest BCUT2D eigenvalue weighted by molar-refractivity contribution is -0.122. The predicted molar refractivity (Wildman–Crippen MR) is 78.1 cm³/mol. The summed E-state index contributed by atoms with van der Waals surface area (Å²) in [5.41, 5.74) is 2.62. The summed E-state index contributed by atoms with van der Waals surface area (Å²) in [7, 11) is 0. The van der Waals surface area contributed by atoms with Gasteiger partial charge in [-0.1, -0.05) is 24.3 Å². The number of nitrogens with one attached hydrogen (secondary N) is 2. The van der Waals surface area contributed by atoms with Gasteiger partial charge in [-0.15, -0.1) is 0 Å². The molecule has 2 rings (SSSR count). The third-order valence-corrected chi connectivity index (χ3v) is 3.91. The molecule has 104 valence electrons. The summed E-state index contributed by atoms with van der Waals surface area (Å²) < 4.78 is 0. The molecular weight excluding hydrogens is 236 g/mol. The van der Waals surface area contributed by atoms with Crippen molar-refractivity contribution in [2.45, 2.75) is 32.6 Å². The first-order valence-electron chi connectivity index (χ1n) is 7.27. The molecule has 1 amide bonds. The minimum absolute atomic E-state index is 0.209. The maximum atomic E-state index is 11.9. The van der Waals surface area contributed by atoms with Gasteiger partial charge >= 0.3 is 0 Å². The molecule has 1 heterocycles. The third-order valence-electron chi connectivity index (χ3n) is 3.91. The number of rotatable bonds is 5. The monoisotopic (exact) mass is 260 g/mol. The van der Waals surface area contributed by atoms with Crippen LogP contribution in [0.2, 0.25) is 0 Å². The van der Waals surface area contributed by atoms with Crippen LogP contribution in [0.1, 0.15) is 30.4 Å². The van der Waals surface area contributed by atoms with Crippen molar-refractivity contribution in [2.24, 2.45) is 5.92 Å². The van der Waals surface area contributed by atoms with E-state index in [0.717, 1.165) is 38.9 Å². The summed E-state index contributed by atoms with van der Waals surface area (Å²) in [6.07, 6.45) is 3.87. The molecule has 0 spiro atoms. The second-order valence-corrected chi connectivity index (χ2v) is 5.42. The van der Waals surface area contributed by atoms with Crippen LogP contribution >= 0.6 is 0 Å². The van der Waals surface area contributed by atoms with Crippen LogP contribution in [-0.2, 0) is 11.2 Å². The van der Waals surface area contributed by atoms with Crippen molar-refractivity contribution in [3.63, 3.8) is 0 Å². The standard InChI is InChI=1S/C16H24N2O/c1-13-4-2-3-5-15(13)8-11-18-16(19)12-14-6-9-17-10-7-14/h2-5,14,17H,6-12H2,1H3,(H,18,19). The van der Waals surface area contributed by atoms with Crippen molar-refractivity contribution in [1.82, 2.24) is 10.6 Å². The number of piperidine rings is 1. The van der Waals surface area contributed by atoms with Crippen LogP contribution in [0.25, 0.3) is 0 Å². The fourth-order valence-electron chi connectivity index (χ4n) is 2.65. The molecule has 1 fully saturated rings. The summed E-state index contributed by atoms with van der Waals surface area (Å²) >= 11 is 0. The van der Waals surface area contributed by atoms with Crippen LogP contribution in [0.3, 0.4) is 0 Å². The first-order chi connectivity index (χ1) is 9.25. The lowest BCUT2D eigenvalue weighted by Crippen LogP contribution is -2.33. The first-order valence-corrected chi connectivity index (χ1v) is 7.27. The second kappa shape index (κ2) is 7.29. The van der Waals surface area contributed by atoms with Gasteiger partial charge in [-0.3, -0.25) is 4.79 Å². The molecule has 0 aliphatic carbocycles. The van der Waals surface area contributed by atoms with E-state index in [-0.39, 0.29) is 5.91 Å². The lowest BCUT2D eigenvalue weighted by atomic mass is 9.94. The number of hydrogen-bond donors (Lipinski definition) is 2. The Bertz CT molecular complexity index is 411. The van der Waals surface area contributed by atoms with Gasteiger partial charge in [0.05, 0.1) is 0 Å². The Kier molecular flexibility index (Phi) is 5.40. The Hall–Kier alpha value is -1.35. The van der Waals surface area contributed by atoms with Crippen LogP contribution in [0.5, 0.6) is 0 Å². The van der Waals surface area contributed by atoms with E-state index in [9.17, 15) is 4.79 Å². The fraction of sp³-hybridized carbons (Fsp3) is 0.562. The molecule has 1 aromatic rings. The highest BCUT2D eigenvalue weighted by atomic mass is 16.1. The van der Waals surface area contributed by atoms with Crippen molar-refractivity contribution in [2.75, 3.05) is 19.6 Å². The molecule has 3 heteroatoms. The van der Waals surface area contributed by atoms with Crippen molar-refractivity contribution in [1.29, 1.82) is 0 Å². The summed E-state index contributed by atoms with van der Waals surface area (Å²) in [5.74, 6) is 0.778. The average molecular weight is 260 g/mol. The Labute approximate surface area is 115 Å². The van der Waals surface area contributed by atoms with Crippen LogP contribution in [0.15, 0.2) is 24.3 Å². The highest BCUT2D eigenvalue weighted by Gasteiger charge is 2.16. The van der Waals surface area contributed by atoms with Gasteiger partial charge in [0.1, 0.15) is 0 Å². The summed E-state index contributed by atoms with van der Waals surface area (Å²) in [6, 6.07) is 8.36. The van der Waals surface area contributed by atoms with E-state index in [1.807, 2.05) is 0 Å². The minimum atomic E-state index is 0.209. The summed E-state index contributed by atoms with van der Waals surface area (Å²) in [5, 5.41) is 6.37. The van der Waals surface area contributed by atoms with E-state index >= 15 is 0 Å². The molecule has 2 N–H and O–H groups in total. The molecule has 0 radical (unpaired) electrons. The maximum Gasteiger partial charge on any atom is 0.220 e. The van der Waals surface area contributed by atoms with Crippen molar-refractivity contribution < 1.29 is 4.79 Å². The van der Waals surface area contributed by atoms with Gasteiger partial charge in [-0.25, -0.2) is 0 Å². The quantitative estimate of drug-likeness (QED) is 0.850. The molecule has 1 saturated heterocycles. The molecule has 0 bridgehead atoms. The Balaban J connectivity index is 1.67. The van der Waals surface area contributed by atoms with E-state index in [1.54, 1.807) is 0 Å². The number of carbonyl (C=O) groups is 1. The van der Waals surface area contributed by atoms with Gasteiger partial charge in [-0.2, -0.15) is 0 Å². The average Bonchev–Trinajstić information content (AvgIpc) is 2.42. The molecule has 3 nitrogen and oxygen atoms in total. The van der Waals surface area contributed by atoms with Gasteiger partial charge in [0.2, 0.25) is 5.91 Å². The third kappa shape index (κ3) is 4.67. The van der Waals surface area contributed by atoms with Crippen molar-refractivity contribution >= 4 is 5.91 Å². The Morgan fingerprint density at radius 2 is 2.05 bits per heavy atom. The molecule has 19 heavy (non-hydrogen) atoms. The zero-order valence-electron chi connectivity index (χ0n) is 11.7. The highest BCUT2D eigenvalue weighted by Crippen LogP contribution is 2.15. The molecule has 0 unspecified atom stereocenters. The molecule has 0 saturated carbocycles. The zero-order chi connectivity index (χ0) is 13.5. The Morgan fingerprint density at radius 1 is 1.32 bits per heavy atom. The highest BCUT2D eigenvalue weighted by molar-refractivity contribution is 5.76. The van der Waals surface area contributed by atoms with Crippen molar-refractivity contribution in [3.05, 3.63) is 35.4 Å². The van der Waals surface area contributed by atoms with E-state index in [2.05, 4.69) is 41.8 Å². The fourth-order valence-corrected chi connectivity index (χ4v) is 2.65. The molecule has 0 aromatic heterocycles. The predicted octanol–water partition coefficient (Wildman–Crippen LogP) is 2.04. The van der Waals surface area contributed by atoms with Crippen LogP contribution in [-0.4, -0.2) is 25.5 Å². The van der Waals surface area contributed by atoms with Crippen LogP contribution in [0, 0.1) is 12.8 Å². The zero-order valence-corrected chi connectivity index (χ0v) is 11.7. The van der Waals surface area contributed by atoms with E-state index in [1.165, 1.54) is 11.1 Å². The van der Waals surface area contributed by atoms with Gasteiger partial charge in [0.25, 0.3) is 0 Å². The number of benzene rings is 1. The van der Waals surface area contributed by atoms with Gasteiger partial charge in [0.15, 0.2) is 0 Å².